The Bertz CT molecular complexity index is 556. The Hall–Kier alpha value is -1.49. The topological polar surface area (TPSA) is 47.7 Å². The quantitative estimate of drug-likeness (QED) is 0.923. The van der Waals surface area contributed by atoms with Crippen molar-refractivity contribution in [3.8, 4) is 0 Å². The largest absolute Gasteiger partial charge is 0.364 e. The van der Waals surface area contributed by atoms with Gasteiger partial charge in [0.25, 0.3) is 0 Å². The summed E-state index contributed by atoms with van der Waals surface area (Å²) in [6.07, 6.45) is 1.90. The van der Waals surface area contributed by atoms with Crippen LogP contribution in [0.1, 0.15) is 30.8 Å². The Morgan fingerprint density at radius 3 is 2.55 bits per heavy atom. The van der Waals surface area contributed by atoms with Crippen LogP contribution in [0.25, 0.3) is 0 Å². The fourth-order valence-corrected chi connectivity index (χ4v) is 2.03. The molecule has 0 aromatic carbocycles. The Balaban J connectivity index is 0.00000200. The maximum atomic E-state index is 4.58. The lowest BCUT2D eigenvalue weighted by atomic mass is 10.2. The van der Waals surface area contributed by atoms with Gasteiger partial charge in [0.2, 0.25) is 0 Å². The summed E-state index contributed by atoms with van der Waals surface area (Å²) in [4.78, 5) is 0. The van der Waals surface area contributed by atoms with Crippen molar-refractivity contribution in [3.63, 3.8) is 0 Å². The average molecular weight is 298 g/mol. The number of aromatic nitrogens is 4. The van der Waals surface area contributed by atoms with Crippen LogP contribution < -0.4 is 5.32 Å². The molecule has 2 aromatic rings. The molecule has 0 amide bonds. The van der Waals surface area contributed by atoms with Gasteiger partial charge in [-0.3, -0.25) is 9.36 Å². The first kappa shape index (κ1) is 16.6. The first-order valence-electron chi connectivity index (χ1n) is 6.73. The Labute approximate surface area is 126 Å². The number of rotatable bonds is 5. The predicted octanol–water partition coefficient (Wildman–Crippen LogP) is 2.92. The van der Waals surface area contributed by atoms with E-state index in [4.69, 9.17) is 0 Å². The van der Waals surface area contributed by atoms with E-state index in [1.807, 2.05) is 17.9 Å². The second-order valence-corrected chi connectivity index (χ2v) is 5.48. The molecule has 0 fully saturated rings. The summed E-state index contributed by atoms with van der Waals surface area (Å²) in [6, 6.07) is 2.09. The zero-order valence-electron chi connectivity index (χ0n) is 12.8. The number of halogens is 1. The van der Waals surface area contributed by atoms with E-state index in [0.717, 1.165) is 18.9 Å². The third kappa shape index (κ3) is 3.76. The van der Waals surface area contributed by atoms with E-state index in [0.29, 0.717) is 5.92 Å². The van der Waals surface area contributed by atoms with E-state index in [-0.39, 0.29) is 12.4 Å². The second-order valence-electron chi connectivity index (χ2n) is 5.48. The lowest BCUT2D eigenvalue weighted by Gasteiger charge is -2.06. The summed E-state index contributed by atoms with van der Waals surface area (Å²) >= 11 is 0. The molecule has 2 heterocycles. The van der Waals surface area contributed by atoms with Crippen LogP contribution in [0.4, 0.5) is 5.82 Å². The molecule has 0 saturated carbocycles. The summed E-state index contributed by atoms with van der Waals surface area (Å²) < 4.78 is 3.95. The second kappa shape index (κ2) is 6.79. The van der Waals surface area contributed by atoms with Gasteiger partial charge < -0.3 is 5.32 Å². The van der Waals surface area contributed by atoms with Crippen molar-refractivity contribution in [1.29, 1.82) is 0 Å². The van der Waals surface area contributed by atoms with Gasteiger partial charge in [-0.25, -0.2) is 0 Å². The maximum absolute atomic E-state index is 4.58. The normalized spacial score (nSPS) is 10.7. The highest BCUT2D eigenvalue weighted by Crippen LogP contribution is 2.13. The molecule has 0 bridgehead atoms. The van der Waals surface area contributed by atoms with Crippen molar-refractivity contribution in [2.24, 2.45) is 13.0 Å². The van der Waals surface area contributed by atoms with Crippen molar-refractivity contribution in [2.45, 2.75) is 40.8 Å². The van der Waals surface area contributed by atoms with Gasteiger partial charge in [-0.1, -0.05) is 13.8 Å². The molecule has 2 aromatic heterocycles. The summed E-state index contributed by atoms with van der Waals surface area (Å²) in [5.74, 6) is 1.54. The van der Waals surface area contributed by atoms with Crippen molar-refractivity contribution in [2.75, 3.05) is 5.32 Å². The Morgan fingerprint density at radius 2 is 2.00 bits per heavy atom. The maximum Gasteiger partial charge on any atom is 0.148 e. The number of nitrogens with one attached hydrogen (secondary N) is 1. The molecule has 0 saturated heterocycles. The number of anilines is 1. The van der Waals surface area contributed by atoms with Gasteiger partial charge >= 0.3 is 0 Å². The van der Waals surface area contributed by atoms with Crippen LogP contribution in [0.3, 0.4) is 0 Å². The fraction of sp³-hybridized carbons (Fsp3) is 0.571. The molecule has 1 N–H and O–H groups in total. The molecule has 0 aliphatic carbocycles. The van der Waals surface area contributed by atoms with Gasteiger partial charge in [0, 0.05) is 43.2 Å². The number of hydrogen-bond donors (Lipinski definition) is 1. The molecule has 0 radical (unpaired) electrons. The van der Waals surface area contributed by atoms with E-state index in [1.165, 1.54) is 17.0 Å². The first-order chi connectivity index (χ1) is 8.97. The van der Waals surface area contributed by atoms with E-state index >= 15 is 0 Å². The third-order valence-corrected chi connectivity index (χ3v) is 3.32. The van der Waals surface area contributed by atoms with Crippen molar-refractivity contribution in [3.05, 3.63) is 29.2 Å². The SMILES string of the molecule is Cc1c(CNc2cc(C)n(CC(C)C)n2)cnn1C.Cl. The van der Waals surface area contributed by atoms with Gasteiger partial charge in [-0.2, -0.15) is 10.2 Å². The minimum absolute atomic E-state index is 0. The van der Waals surface area contributed by atoms with Gasteiger partial charge in [0.1, 0.15) is 5.82 Å². The van der Waals surface area contributed by atoms with Crippen LogP contribution in [0.2, 0.25) is 0 Å². The molecule has 2 rings (SSSR count). The predicted molar refractivity (Wildman–Crippen MR) is 84.3 cm³/mol. The highest BCUT2D eigenvalue weighted by Gasteiger charge is 2.07. The minimum Gasteiger partial charge on any atom is -0.364 e. The zero-order valence-corrected chi connectivity index (χ0v) is 13.7. The zero-order chi connectivity index (χ0) is 14.0. The standard InChI is InChI=1S/C14H23N5.ClH/c1-10(2)9-19-11(3)6-14(17-19)15-7-13-8-16-18(5)12(13)4;/h6,8,10H,7,9H2,1-5H3,(H,15,17);1H. The monoisotopic (exact) mass is 297 g/mol. The van der Waals surface area contributed by atoms with Crippen LogP contribution in [-0.2, 0) is 20.1 Å². The van der Waals surface area contributed by atoms with E-state index < -0.39 is 0 Å². The molecule has 0 aliphatic heterocycles. The summed E-state index contributed by atoms with van der Waals surface area (Å²) in [7, 11) is 1.96. The van der Waals surface area contributed by atoms with Gasteiger partial charge in [-0.05, 0) is 19.8 Å². The summed E-state index contributed by atoms with van der Waals surface area (Å²) in [5.41, 5.74) is 3.59. The van der Waals surface area contributed by atoms with Crippen molar-refractivity contribution >= 4 is 18.2 Å². The summed E-state index contributed by atoms with van der Waals surface area (Å²) in [5, 5.41) is 12.2. The van der Waals surface area contributed by atoms with E-state index in [1.54, 1.807) is 0 Å². The number of aryl methyl sites for hydroxylation is 2. The highest BCUT2D eigenvalue weighted by atomic mass is 35.5. The van der Waals surface area contributed by atoms with Crippen LogP contribution in [-0.4, -0.2) is 19.6 Å². The molecule has 112 valence electrons. The Kier molecular flexibility index (Phi) is 5.62. The Morgan fingerprint density at radius 1 is 1.30 bits per heavy atom. The van der Waals surface area contributed by atoms with Crippen molar-refractivity contribution in [1.82, 2.24) is 19.6 Å². The molecular weight excluding hydrogens is 274 g/mol. The lowest BCUT2D eigenvalue weighted by Crippen LogP contribution is -2.08. The van der Waals surface area contributed by atoms with E-state index in [2.05, 4.69) is 54.0 Å². The van der Waals surface area contributed by atoms with Crippen LogP contribution >= 0.6 is 12.4 Å². The molecule has 0 unspecified atom stereocenters. The number of nitrogens with zero attached hydrogens (tertiary/aromatic N) is 4. The molecular formula is C14H24ClN5. The third-order valence-electron chi connectivity index (χ3n) is 3.32. The molecule has 20 heavy (non-hydrogen) atoms. The molecule has 0 spiro atoms. The van der Waals surface area contributed by atoms with Gasteiger partial charge in [0.05, 0.1) is 6.20 Å². The smallest absolute Gasteiger partial charge is 0.148 e. The van der Waals surface area contributed by atoms with Gasteiger partial charge in [0.15, 0.2) is 0 Å². The van der Waals surface area contributed by atoms with E-state index in [9.17, 15) is 0 Å². The molecule has 6 heteroatoms. The van der Waals surface area contributed by atoms with Crippen LogP contribution in [0, 0.1) is 19.8 Å². The lowest BCUT2D eigenvalue weighted by molar-refractivity contribution is 0.475. The minimum atomic E-state index is 0. The summed E-state index contributed by atoms with van der Waals surface area (Å²) in [6.45, 7) is 10.3. The molecule has 0 atom stereocenters. The number of hydrogen-bond acceptors (Lipinski definition) is 3. The highest BCUT2D eigenvalue weighted by molar-refractivity contribution is 5.85. The molecule has 0 aliphatic rings. The average Bonchev–Trinajstić information content (AvgIpc) is 2.82. The van der Waals surface area contributed by atoms with Crippen LogP contribution in [0.5, 0.6) is 0 Å². The molecule has 5 nitrogen and oxygen atoms in total. The van der Waals surface area contributed by atoms with Crippen LogP contribution in [0.15, 0.2) is 12.3 Å². The van der Waals surface area contributed by atoms with Crippen molar-refractivity contribution < 1.29 is 0 Å². The first-order valence-corrected chi connectivity index (χ1v) is 6.73. The fourth-order valence-electron chi connectivity index (χ4n) is 2.03. The van der Waals surface area contributed by atoms with Gasteiger partial charge in [-0.15, -0.1) is 12.4 Å².